The fourth-order valence-electron chi connectivity index (χ4n) is 12.5. The number of carbonyl (C=O) groups is 8. The van der Waals surface area contributed by atoms with Crippen LogP contribution >= 0.6 is 0 Å². The van der Waals surface area contributed by atoms with Gasteiger partial charge >= 0.3 is 6.09 Å². The van der Waals surface area contributed by atoms with Crippen LogP contribution in [-0.2, 0) is 85.6 Å². The lowest BCUT2D eigenvalue weighted by molar-refractivity contribution is -0.136. The van der Waals surface area contributed by atoms with Crippen molar-refractivity contribution in [1.29, 1.82) is 0 Å². The number of methoxy groups -OCH3 is 1. The number of aromatic nitrogens is 1. The number of aliphatic imine (C=N–C) groups is 1. The fraction of sp³-hybridized carbons (Fsp3) is 0.351. The Morgan fingerprint density at radius 2 is 1.35 bits per heavy atom. The maximum atomic E-state index is 14.8. The average Bonchev–Trinajstić information content (AvgIpc) is 1.63. The van der Waals surface area contributed by atoms with E-state index >= 15 is 0 Å². The molecule has 1 aromatic heterocycles. The molecule has 0 fully saturated rings. The summed E-state index contributed by atoms with van der Waals surface area (Å²) in [6.45, 7) is 12.6. The number of Topliss-reactive ketones (excluding diaryl/α,β-unsaturated/α-hetero) is 2. The van der Waals surface area contributed by atoms with Gasteiger partial charge in [0.2, 0.25) is 5.91 Å². The lowest BCUT2D eigenvalue weighted by atomic mass is 9.88. The first-order valence-electron chi connectivity index (χ1n) is 32.3. The Labute approximate surface area is 556 Å². The summed E-state index contributed by atoms with van der Waals surface area (Å²) in [6.07, 6.45) is 3.15. The Hall–Kier alpha value is -10.3. The lowest BCUT2D eigenvalue weighted by Crippen LogP contribution is -2.55. The Morgan fingerprint density at radius 1 is 0.708 bits per heavy atom. The molecule has 0 bridgehead atoms. The van der Waals surface area contributed by atoms with Crippen molar-refractivity contribution in [2.75, 3.05) is 38.3 Å². The van der Waals surface area contributed by atoms with Crippen molar-refractivity contribution in [2.24, 2.45) is 16.8 Å². The highest BCUT2D eigenvalue weighted by molar-refractivity contribution is 6.13. The lowest BCUT2D eigenvalue weighted by Gasteiger charge is -2.39. The molecule has 6 amide bonds. The fourth-order valence-corrected chi connectivity index (χ4v) is 12.5. The van der Waals surface area contributed by atoms with Crippen molar-refractivity contribution in [2.45, 2.75) is 123 Å². The number of benzene rings is 5. The molecule has 3 N–H and O–H groups in total. The van der Waals surface area contributed by atoms with E-state index in [9.17, 15) is 43.5 Å². The highest BCUT2D eigenvalue weighted by Gasteiger charge is 2.46. The maximum absolute atomic E-state index is 14.8. The summed E-state index contributed by atoms with van der Waals surface area (Å²) in [6, 6.07) is 32.8. The molecule has 0 saturated heterocycles. The molecular weight excluding hydrogens is 1220 g/mol. The van der Waals surface area contributed by atoms with Crippen molar-refractivity contribution in [3.05, 3.63) is 201 Å². The number of nitrogens with one attached hydrogen (secondary N) is 2. The number of fused-ring (bicyclic) bond motifs is 6. The molecule has 0 spiro atoms. The van der Waals surface area contributed by atoms with E-state index in [4.69, 9.17) is 33.7 Å². The number of aliphatic hydroxyl groups excluding tert-OH is 1. The molecule has 0 saturated carbocycles. The smallest absolute Gasteiger partial charge is 0.416 e. The van der Waals surface area contributed by atoms with Gasteiger partial charge in [0.05, 0.1) is 72.3 Å². The minimum absolute atomic E-state index is 0.0237. The summed E-state index contributed by atoms with van der Waals surface area (Å²) in [5.74, 6) is -2.04. The van der Waals surface area contributed by atoms with Crippen LogP contribution in [0.5, 0.6) is 17.2 Å². The first-order chi connectivity index (χ1) is 46.3. The van der Waals surface area contributed by atoms with Gasteiger partial charge in [0, 0.05) is 94.0 Å². The molecule has 5 aliphatic heterocycles. The molecule has 0 aliphatic carbocycles. The number of carbonyl (C=O) groups excluding carboxylic acids is 8. The zero-order chi connectivity index (χ0) is 67.7. The standard InChI is InChI=1S/C74H78N8O14/c1-44(2)58(34-57(83)25-28-93-29-26-75-46(4)24-27-79-68(85)22-23-69(79)86)70(87)77-47(5)64(84)31-48-18-20-49(21-19-48)41-96-74(91)82-62-37-67(66(92-6)35-60(62)72(89)81-40-53-15-10-8-13-51(53)33-63(81)73(82)90)95-43-55-17-11-16-54(78-55)42-94-65-36-61-59(30-45(65)3)71(88)80-39-52-14-9-7-12-50(52)32-56(80)38-76-61/h7-23,30,35-38,44,47,56,58,63,73,75,90H,4,24-29,31-34,39-43H2,1-3,5-6H3,(H,77,87)/t47-,56-,58-,63-,73?/m0/s1. The summed E-state index contributed by atoms with van der Waals surface area (Å²) < 4.78 is 30.2. The predicted molar refractivity (Wildman–Crippen MR) is 355 cm³/mol. The summed E-state index contributed by atoms with van der Waals surface area (Å²) in [4.78, 5) is 122. The zero-order valence-corrected chi connectivity index (χ0v) is 54.4. The molecular formula is C74H78N8O14. The molecule has 6 heterocycles. The van der Waals surface area contributed by atoms with Gasteiger partial charge in [-0.2, -0.15) is 0 Å². The summed E-state index contributed by atoms with van der Waals surface area (Å²) in [7, 11) is 1.44. The van der Waals surface area contributed by atoms with E-state index in [0.717, 1.165) is 32.1 Å². The van der Waals surface area contributed by atoms with E-state index in [1.165, 1.54) is 37.0 Å². The first kappa shape index (κ1) is 67.1. The van der Waals surface area contributed by atoms with Crippen LogP contribution in [0.2, 0.25) is 0 Å². The second-order valence-electron chi connectivity index (χ2n) is 25.0. The molecule has 6 aromatic rings. The molecule has 5 aliphatic rings. The SMILES string of the molecule is C=C(CCN1C(=O)C=CC1=O)NCCOCCC(=O)C[C@H](C(=O)N[C@@H](C)C(=O)Cc1ccc(COC(=O)N2c3cc(OCc4cccc(COc5cc6c(cc5C)C(=O)N5Cc7ccccc7C[C@H]5C=N6)n4)c(OC)cc3C(=O)N3Cc4ccccc4C[C@H]3C2O)cc1)C(C)C. The van der Waals surface area contributed by atoms with Crippen LogP contribution in [0.3, 0.4) is 0 Å². The highest BCUT2D eigenvalue weighted by Crippen LogP contribution is 2.43. The van der Waals surface area contributed by atoms with Gasteiger partial charge in [-0.1, -0.05) is 99.3 Å². The van der Waals surface area contributed by atoms with Crippen molar-refractivity contribution >= 4 is 64.8 Å². The molecule has 5 atom stereocenters. The number of ketones is 2. The normalized spacial score (nSPS) is 17.4. The van der Waals surface area contributed by atoms with Crippen LogP contribution in [0.4, 0.5) is 16.2 Å². The third-order valence-corrected chi connectivity index (χ3v) is 18.1. The van der Waals surface area contributed by atoms with E-state index in [1.807, 2.05) is 86.5 Å². The summed E-state index contributed by atoms with van der Waals surface area (Å²) in [5, 5.41) is 18.3. The molecule has 96 heavy (non-hydrogen) atoms. The Morgan fingerprint density at radius 3 is 2.04 bits per heavy atom. The number of nitrogens with zero attached hydrogens (tertiary/aromatic N) is 6. The van der Waals surface area contributed by atoms with Gasteiger partial charge in [0.1, 0.15) is 31.4 Å². The van der Waals surface area contributed by atoms with Gasteiger partial charge < -0.3 is 49.2 Å². The summed E-state index contributed by atoms with van der Waals surface area (Å²) >= 11 is 0. The Bertz CT molecular complexity index is 4050. The van der Waals surface area contributed by atoms with Crippen LogP contribution in [0.1, 0.15) is 111 Å². The number of pyridine rings is 1. The van der Waals surface area contributed by atoms with Crippen LogP contribution in [-0.4, -0.2) is 136 Å². The van der Waals surface area contributed by atoms with E-state index in [0.29, 0.717) is 71.1 Å². The van der Waals surface area contributed by atoms with Crippen molar-refractivity contribution < 1.29 is 67.1 Å². The minimum Gasteiger partial charge on any atom is -0.493 e. The number of amides is 6. The van der Waals surface area contributed by atoms with Crippen molar-refractivity contribution in [1.82, 2.24) is 30.3 Å². The van der Waals surface area contributed by atoms with E-state index < -0.39 is 42.1 Å². The molecule has 498 valence electrons. The van der Waals surface area contributed by atoms with Gasteiger partial charge in [0.25, 0.3) is 23.6 Å². The third-order valence-electron chi connectivity index (χ3n) is 18.1. The average molecular weight is 1300 g/mol. The van der Waals surface area contributed by atoms with Gasteiger partial charge in [-0.25, -0.2) is 9.69 Å². The van der Waals surface area contributed by atoms with Crippen LogP contribution < -0.4 is 29.7 Å². The molecule has 22 nitrogen and oxygen atoms in total. The number of rotatable bonds is 27. The number of aliphatic hydroxyl groups is 1. The molecule has 1 unspecified atom stereocenters. The number of hydrogen-bond donors (Lipinski definition) is 3. The number of hydrogen-bond acceptors (Lipinski definition) is 17. The number of anilines is 1. The minimum atomic E-state index is -1.58. The van der Waals surface area contributed by atoms with Gasteiger partial charge in [0.15, 0.2) is 23.5 Å². The van der Waals surface area contributed by atoms with Gasteiger partial charge in [-0.3, -0.25) is 48.4 Å². The third kappa shape index (κ3) is 15.4. The Balaban J connectivity index is 0.697. The number of ether oxygens (including phenoxy) is 5. The van der Waals surface area contributed by atoms with Gasteiger partial charge in [-0.15, -0.1) is 0 Å². The monoisotopic (exact) mass is 1300 g/mol. The van der Waals surface area contributed by atoms with Crippen LogP contribution in [0.15, 0.2) is 145 Å². The second-order valence-corrected chi connectivity index (χ2v) is 25.0. The number of aryl methyl sites for hydroxylation is 1. The van der Waals surface area contributed by atoms with Crippen LogP contribution in [0, 0.1) is 18.8 Å². The summed E-state index contributed by atoms with van der Waals surface area (Å²) in [5.41, 5.74) is 9.03. The topological polar surface area (TPSA) is 265 Å². The molecule has 11 rings (SSSR count). The maximum Gasteiger partial charge on any atom is 0.416 e. The van der Waals surface area contributed by atoms with Crippen LogP contribution in [0.25, 0.3) is 0 Å². The predicted octanol–water partition coefficient (Wildman–Crippen LogP) is 8.55. The van der Waals surface area contributed by atoms with Gasteiger partial charge in [-0.05, 0) is 95.8 Å². The Kier molecular flexibility index (Phi) is 20.9. The highest BCUT2D eigenvalue weighted by atomic mass is 16.6. The first-order valence-corrected chi connectivity index (χ1v) is 32.3. The number of imide groups is 1. The van der Waals surface area contributed by atoms with E-state index in [1.54, 1.807) is 48.2 Å². The quantitative estimate of drug-likeness (QED) is 0.0322. The molecule has 5 aromatic carbocycles. The van der Waals surface area contributed by atoms with Crippen molar-refractivity contribution in [3.8, 4) is 17.2 Å². The second kappa shape index (κ2) is 30.0. The largest absolute Gasteiger partial charge is 0.493 e. The van der Waals surface area contributed by atoms with E-state index in [-0.39, 0.29) is 136 Å². The van der Waals surface area contributed by atoms with Crippen molar-refractivity contribution in [3.63, 3.8) is 0 Å². The molecule has 0 radical (unpaired) electrons. The zero-order valence-electron chi connectivity index (χ0n) is 54.4. The van der Waals surface area contributed by atoms with E-state index in [2.05, 4.69) is 29.3 Å². The molecule has 22 heteroatoms.